The van der Waals surface area contributed by atoms with E-state index in [9.17, 15) is 9.59 Å². The van der Waals surface area contributed by atoms with Crippen molar-refractivity contribution in [3.63, 3.8) is 0 Å². The van der Waals surface area contributed by atoms with Crippen LogP contribution in [-0.2, 0) is 0 Å². The fourth-order valence-corrected chi connectivity index (χ4v) is 3.15. The van der Waals surface area contributed by atoms with Crippen molar-refractivity contribution in [2.45, 2.75) is 19.9 Å². The molecule has 25 heavy (non-hydrogen) atoms. The maximum Gasteiger partial charge on any atom is 0.413 e. The Labute approximate surface area is 147 Å². The Bertz CT molecular complexity index is 961. The number of hydrogen-bond acceptors (Lipinski definition) is 7. The molecule has 0 unspecified atom stereocenters. The van der Waals surface area contributed by atoms with E-state index >= 15 is 0 Å². The Hall–Kier alpha value is -2.87. The zero-order chi connectivity index (χ0) is 18.0. The van der Waals surface area contributed by atoms with Crippen molar-refractivity contribution < 1.29 is 18.7 Å². The average molecular weight is 360 g/mol. The van der Waals surface area contributed by atoms with E-state index < -0.39 is 17.8 Å². The third-order valence-electron chi connectivity index (χ3n) is 3.54. The molecule has 0 aliphatic carbocycles. The zero-order valence-electron chi connectivity index (χ0n) is 13.9. The maximum atomic E-state index is 12.1. The molecule has 0 bridgehead atoms. The molecule has 1 atom stereocenters. The second kappa shape index (κ2) is 6.94. The summed E-state index contributed by atoms with van der Waals surface area (Å²) >= 11 is 1.36. The van der Waals surface area contributed by atoms with Crippen LogP contribution in [0, 0.1) is 6.92 Å². The number of carbonyl (C=O) groups is 1. The highest BCUT2D eigenvalue weighted by molar-refractivity contribution is 7.16. The van der Waals surface area contributed by atoms with Crippen LogP contribution < -0.4 is 20.4 Å². The number of carbonyl (C=O) groups excluding carboxylic acids is 1. The number of thiophene rings is 1. The molecule has 0 aliphatic rings. The highest BCUT2D eigenvalue weighted by atomic mass is 32.1. The Balaban J connectivity index is 1.71. The molecule has 1 aromatic carbocycles. The lowest BCUT2D eigenvalue weighted by molar-refractivity contribution is 0.194. The number of fused-ring (bicyclic) bond motifs is 1. The number of nitrogens with zero attached hydrogens (tertiary/aromatic N) is 1. The lowest BCUT2D eigenvalue weighted by atomic mass is 10.3. The van der Waals surface area contributed by atoms with Crippen LogP contribution in [-0.4, -0.2) is 18.2 Å². The number of rotatable bonds is 4. The monoisotopic (exact) mass is 360 g/mol. The van der Waals surface area contributed by atoms with Crippen molar-refractivity contribution >= 4 is 27.6 Å². The zero-order valence-corrected chi connectivity index (χ0v) is 14.7. The maximum absolute atomic E-state index is 12.1. The number of aryl methyl sites for hydroxylation is 1. The van der Waals surface area contributed by atoms with E-state index in [1.807, 2.05) is 12.3 Å². The number of aromatic nitrogens is 1. The van der Waals surface area contributed by atoms with Gasteiger partial charge in [0.05, 0.1) is 12.5 Å². The molecule has 2 heterocycles. The minimum Gasteiger partial charge on any atom is -0.497 e. The van der Waals surface area contributed by atoms with Crippen LogP contribution >= 0.6 is 11.3 Å². The van der Waals surface area contributed by atoms with Crippen LogP contribution in [0.15, 0.2) is 38.9 Å². The molecule has 3 rings (SSSR count). The highest BCUT2D eigenvalue weighted by Gasteiger charge is 2.18. The first-order valence-corrected chi connectivity index (χ1v) is 8.37. The summed E-state index contributed by atoms with van der Waals surface area (Å²) in [5, 5.41) is 4.90. The lowest BCUT2D eigenvalue weighted by Crippen LogP contribution is -2.30. The number of ether oxygens (including phenoxy) is 2. The largest absolute Gasteiger partial charge is 0.497 e. The fourth-order valence-electron chi connectivity index (χ4n) is 2.23. The lowest BCUT2D eigenvalue weighted by Gasteiger charge is -2.12. The molecule has 0 saturated heterocycles. The van der Waals surface area contributed by atoms with Gasteiger partial charge in [-0.25, -0.2) is 14.6 Å². The first-order chi connectivity index (χ1) is 12.0. The number of amides is 1. The summed E-state index contributed by atoms with van der Waals surface area (Å²) < 4.78 is 15.4. The molecule has 130 valence electrons. The summed E-state index contributed by atoms with van der Waals surface area (Å²) in [6, 6.07) is 5.97. The molecule has 0 aliphatic heterocycles. The van der Waals surface area contributed by atoms with E-state index in [2.05, 4.69) is 10.3 Å². The highest BCUT2D eigenvalue weighted by Crippen LogP contribution is 2.22. The SMILES string of the molecule is COc1ccc(OC(=O)N[C@@H](C)c2nc3scc(C)c3c(=O)o2)cc1. The van der Waals surface area contributed by atoms with E-state index in [-0.39, 0.29) is 5.89 Å². The molecule has 0 radical (unpaired) electrons. The minimum absolute atomic E-state index is 0.131. The first kappa shape index (κ1) is 17.0. The molecule has 7 nitrogen and oxygen atoms in total. The third kappa shape index (κ3) is 3.63. The van der Waals surface area contributed by atoms with Crippen molar-refractivity contribution in [2.24, 2.45) is 0 Å². The van der Waals surface area contributed by atoms with Crippen LogP contribution in [0.2, 0.25) is 0 Å². The topological polar surface area (TPSA) is 90.7 Å². The number of benzene rings is 1. The van der Waals surface area contributed by atoms with Gasteiger partial charge in [0.2, 0.25) is 5.89 Å². The minimum atomic E-state index is -0.676. The molecule has 1 amide bonds. The van der Waals surface area contributed by atoms with Gasteiger partial charge in [0.15, 0.2) is 0 Å². The van der Waals surface area contributed by atoms with Crippen LogP contribution in [0.5, 0.6) is 11.5 Å². The van der Waals surface area contributed by atoms with Crippen molar-refractivity contribution in [2.75, 3.05) is 7.11 Å². The Kier molecular flexibility index (Phi) is 4.71. The number of nitrogens with one attached hydrogen (secondary N) is 1. The standard InChI is InChI=1S/C17H16N2O5S/c1-9-8-25-15-13(9)16(20)24-14(19-15)10(2)18-17(21)23-12-6-4-11(22-3)5-7-12/h4-8,10H,1-3H3,(H,18,21)/t10-/m0/s1. The second-order valence-corrected chi connectivity index (χ2v) is 6.23. The predicted molar refractivity (Wildman–Crippen MR) is 93.5 cm³/mol. The number of methoxy groups -OCH3 is 1. The summed E-state index contributed by atoms with van der Waals surface area (Å²) in [6.45, 7) is 3.48. The summed E-state index contributed by atoms with van der Waals surface area (Å²) in [5.74, 6) is 1.15. The van der Waals surface area contributed by atoms with Gasteiger partial charge in [-0.15, -0.1) is 11.3 Å². The van der Waals surface area contributed by atoms with Crippen molar-refractivity contribution in [1.29, 1.82) is 0 Å². The quantitative estimate of drug-likeness (QED) is 0.767. The van der Waals surface area contributed by atoms with E-state index in [4.69, 9.17) is 13.9 Å². The van der Waals surface area contributed by atoms with Crippen LogP contribution in [0.25, 0.3) is 10.2 Å². The van der Waals surface area contributed by atoms with Gasteiger partial charge in [-0.1, -0.05) is 0 Å². The Morgan fingerprint density at radius 1 is 1.28 bits per heavy atom. The average Bonchev–Trinajstić information content (AvgIpc) is 2.97. The predicted octanol–water partition coefficient (Wildman–Crippen LogP) is 3.42. The number of hydrogen-bond donors (Lipinski definition) is 1. The van der Waals surface area contributed by atoms with E-state index in [1.165, 1.54) is 11.3 Å². The van der Waals surface area contributed by atoms with Gasteiger partial charge in [0, 0.05) is 0 Å². The second-order valence-electron chi connectivity index (χ2n) is 5.37. The van der Waals surface area contributed by atoms with Crippen LogP contribution in [0.4, 0.5) is 4.79 Å². The fraction of sp³-hybridized carbons (Fsp3) is 0.235. The summed E-state index contributed by atoms with van der Waals surface area (Å²) in [4.78, 5) is 28.9. The van der Waals surface area contributed by atoms with Crippen LogP contribution in [0.3, 0.4) is 0 Å². The smallest absolute Gasteiger partial charge is 0.413 e. The van der Waals surface area contributed by atoms with E-state index in [0.717, 1.165) is 5.56 Å². The van der Waals surface area contributed by atoms with Gasteiger partial charge in [0.25, 0.3) is 0 Å². The normalized spacial score (nSPS) is 12.0. The van der Waals surface area contributed by atoms with E-state index in [1.54, 1.807) is 38.3 Å². The van der Waals surface area contributed by atoms with Gasteiger partial charge in [-0.3, -0.25) is 0 Å². The van der Waals surface area contributed by atoms with Gasteiger partial charge < -0.3 is 19.2 Å². The van der Waals surface area contributed by atoms with Gasteiger partial charge in [-0.05, 0) is 49.1 Å². The molecular formula is C17H16N2O5S. The Morgan fingerprint density at radius 3 is 2.64 bits per heavy atom. The van der Waals surface area contributed by atoms with Crippen molar-refractivity contribution in [3.8, 4) is 11.5 Å². The van der Waals surface area contributed by atoms with E-state index in [0.29, 0.717) is 21.7 Å². The Morgan fingerprint density at radius 2 is 1.96 bits per heavy atom. The van der Waals surface area contributed by atoms with Crippen molar-refractivity contribution in [3.05, 3.63) is 51.5 Å². The molecular weight excluding hydrogens is 344 g/mol. The molecule has 8 heteroatoms. The molecule has 2 aromatic heterocycles. The summed E-state index contributed by atoms with van der Waals surface area (Å²) in [5.41, 5.74) is 0.364. The molecule has 1 N–H and O–H groups in total. The van der Waals surface area contributed by atoms with Crippen molar-refractivity contribution in [1.82, 2.24) is 10.3 Å². The van der Waals surface area contributed by atoms with Gasteiger partial charge >= 0.3 is 11.7 Å². The third-order valence-corrected chi connectivity index (χ3v) is 4.53. The van der Waals surface area contributed by atoms with Gasteiger partial charge in [-0.2, -0.15) is 0 Å². The van der Waals surface area contributed by atoms with Crippen LogP contribution in [0.1, 0.15) is 24.4 Å². The molecule has 3 aromatic rings. The summed E-state index contributed by atoms with van der Waals surface area (Å²) in [7, 11) is 1.55. The first-order valence-electron chi connectivity index (χ1n) is 7.49. The summed E-state index contributed by atoms with van der Waals surface area (Å²) in [6.07, 6.45) is -0.676. The van der Waals surface area contributed by atoms with Gasteiger partial charge in [0.1, 0.15) is 22.4 Å². The molecule has 0 fully saturated rings. The molecule has 0 saturated carbocycles. The molecule has 0 spiro atoms.